The molecular weight excluding hydrogens is 389 g/mol. The van der Waals surface area contributed by atoms with Crippen LogP contribution in [-0.4, -0.2) is 26.0 Å². The second-order valence-corrected chi connectivity index (χ2v) is 7.58. The van der Waals surface area contributed by atoms with Gasteiger partial charge >= 0.3 is 0 Å². The Bertz CT molecular complexity index is 994. The Morgan fingerprint density at radius 3 is 2.74 bits per heavy atom. The molecule has 2 aromatic carbocycles. The van der Waals surface area contributed by atoms with Crippen molar-refractivity contribution in [2.75, 3.05) is 11.2 Å². The van der Waals surface area contributed by atoms with Crippen molar-refractivity contribution in [3.8, 4) is 11.4 Å². The summed E-state index contributed by atoms with van der Waals surface area (Å²) in [5.41, 5.74) is 2.23. The minimum absolute atomic E-state index is 0.129. The van der Waals surface area contributed by atoms with Gasteiger partial charge in [0.2, 0.25) is 11.1 Å². The van der Waals surface area contributed by atoms with Gasteiger partial charge in [0.05, 0.1) is 16.0 Å². The number of anilines is 1. The Morgan fingerprint density at radius 2 is 2.04 bits per heavy atom. The lowest BCUT2D eigenvalue weighted by atomic mass is 10.1. The number of amides is 1. The molecule has 0 aliphatic carbocycles. The maximum Gasteiger partial charge on any atom is 0.237 e. The van der Waals surface area contributed by atoms with Crippen molar-refractivity contribution < 1.29 is 9.18 Å². The van der Waals surface area contributed by atoms with E-state index < -0.39 is 11.1 Å². The first kappa shape index (κ1) is 19.2. The van der Waals surface area contributed by atoms with Gasteiger partial charge in [-0.05, 0) is 37.6 Å². The van der Waals surface area contributed by atoms with E-state index in [1.54, 1.807) is 6.92 Å². The average molecular weight is 406 g/mol. The molecular formula is C18H17ClFN5OS. The molecule has 0 fully saturated rings. The van der Waals surface area contributed by atoms with Crippen molar-refractivity contribution in [3.05, 3.63) is 58.9 Å². The quantitative estimate of drug-likeness (QED) is 0.497. The Morgan fingerprint density at radius 1 is 1.30 bits per heavy atom. The number of thioether (sulfide) groups is 1. The van der Waals surface area contributed by atoms with Crippen LogP contribution in [0.5, 0.6) is 0 Å². The van der Waals surface area contributed by atoms with Gasteiger partial charge in [0.25, 0.3) is 0 Å². The van der Waals surface area contributed by atoms with E-state index in [-0.39, 0.29) is 10.9 Å². The fourth-order valence-electron chi connectivity index (χ4n) is 2.40. The van der Waals surface area contributed by atoms with Crippen LogP contribution in [0.3, 0.4) is 0 Å². The normalized spacial score (nSPS) is 12.0. The molecule has 1 amide bonds. The molecule has 0 aliphatic heterocycles. The van der Waals surface area contributed by atoms with E-state index in [0.717, 1.165) is 29.0 Å². The molecule has 27 heavy (non-hydrogen) atoms. The van der Waals surface area contributed by atoms with Gasteiger partial charge in [-0.1, -0.05) is 47.6 Å². The molecule has 3 N–H and O–H groups in total. The molecule has 0 aliphatic rings. The van der Waals surface area contributed by atoms with Crippen molar-refractivity contribution in [1.82, 2.24) is 14.9 Å². The van der Waals surface area contributed by atoms with E-state index in [4.69, 9.17) is 17.4 Å². The third kappa shape index (κ3) is 4.23. The second-order valence-electron chi connectivity index (χ2n) is 5.86. The number of carbonyl (C=O) groups is 1. The van der Waals surface area contributed by atoms with Crippen molar-refractivity contribution in [3.63, 3.8) is 0 Å². The Balaban J connectivity index is 1.73. The van der Waals surface area contributed by atoms with Gasteiger partial charge in [-0.25, -0.2) is 9.07 Å². The van der Waals surface area contributed by atoms with Crippen LogP contribution in [0.25, 0.3) is 11.4 Å². The van der Waals surface area contributed by atoms with Crippen LogP contribution < -0.4 is 11.2 Å². The lowest BCUT2D eigenvalue weighted by Gasteiger charge is -2.12. The lowest BCUT2D eigenvalue weighted by molar-refractivity contribution is -0.115. The van der Waals surface area contributed by atoms with Crippen LogP contribution in [0.2, 0.25) is 5.02 Å². The first-order valence-corrected chi connectivity index (χ1v) is 9.31. The van der Waals surface area contributed by atoms with Gasteiger partial charge < -0.3 is 11.2 Å². The molecule has 9 heteroatoms. The third-order valence-electron chi connectivity index (χ3n) is 3.89. The molecule has 0 spiro atoms. The molecule has 0 bridgehead atoms. The highest BCUT2D eigenvalue weighted by Crippen LogP contribution is 2.28. The molecule has 0 saturated heterocycles. The maximum atomic E-state index is 13.1. The number of aryl methyl sites for hydroxylation is 1. The predicted octanol–water partition coefficient (Wildman–Crippen LogP) is 3.88. The van der Waals surface area contributed by atoms with Crippen LogP contribution in [0, 0.1) is 12.7 Å². The minimum atomic E-state index is -0.526. The number of carbonyl (C=O) groups excluding carboxylic acids is 1. The number of nitrogen functional groups attached to an aromatic ring is 1. The van der Waals surface area contributed by atoms with Crippen LogP contribution >= 0.6 is 23.4 Å². The van der Waals surface area contributed by atoms with Crippen LogP contribution in [0.15, 0.2) is 47.6 Å². The Hall–Kier alpha value is -2.58. The highest BCUT2D eigenvalue weighted by atomic mass is 35.5. The van der Waals surface area contributed by atoms with Crippen molar-refractivity contribution in [1.29, 1.82) is 0 Å². The molecule has 1 heterocycles. The summed E-state index contributed by atoms with van der Waals surface area (Å²) in [6, 6.07) is 11.5. The zero-order chi connectivity index (χ0) is 19.6. The van der Waals surface area contributed by atoms with Crippen LogP contribution in [-0.2, 0) is 4.79 Å². The third-order valence-corrected chi connectivity index (χ3v) is 5.26. The summed E-state index contributed by atoms with van der Waals surface area (Å²) in [7, 11) is 0. The van der Waals surface area contributed by atoms with Gasteiger partial charge in [-0.3, -0.25) is 4.79 Å². The van der Waals surface area contributed by atoms with Crippen molar-refractivity contribution in [2.45, 2.75) is 24.3 Å². The maximum absolute atomic E-state index is 13.1. The molecule has 140 valence electrons. The summed E-state index contributed by atoms with van der Waals surface area (Å²) < 4.78 is 14.5. The number of nitrogens with zero attached hydrogens (tertiary/aromatic N) is 3. The molecule has 1 aromatic heterocycles. The number of nitrogens with two attached hydrogens (primary N) is 1. The number of hydrogen-bond acceptors (Lipinski definition) is 5. The fourth-order valence-corrected chi connectivity index (χ4v) is 3.39. The second kappa shape index (κ2) is 7.98. The topological polar surface area (TPSA) is 85.8 Å². The van der Waals surface area contributed by atoms with E-state index in [0.29, 0.717) is 16.7 Å². The van der Waals surface area contributed by atoms with Crippen LogP contribution in [0.4, 0.5) is 10.1 Å². The molecule has 0 saturated carbocycles. The molecule has 3 rings (SSSR count). The number of hydrogen-bond donors (Lipinski definition) is 2. The van der Waals surface area contributed by atoms with E-state index in [1.807, 2.05) is 31.2 Å². The summed E-state index contributed by atoms with van der Waals surface area (Å²) in [5.74, 6) is 5.86. The summed E-state index contributed by atoms with van der Waals surface area (Å²) >= 11 is 7.10. The summed E-state index contributed by atoms with van der Waals surface area (Å²) in [4.78, 5) is 12.4. The van der Waals surface area contributed by atoms with Gasteiger partial charge in [0.1, 0.15) is 5.82 Å². The zero-order valence-corrected chi connectivity index (χ0v) is 16.2. The number of benzene rings is 2. The molecule has 6 nitrogen and oxygen atoms in total. The molecule has 0 unspecified atom stereocenters. The monoisotopic (exact) mass is 405 g/mol. The minimum Gasteiger partial charge on any atom is -0.335 e. The molecule has 0 radical (unpaired) electrons. The summed E-state index contributed by atoms with van der Waals surface area (Å²) in [5, 5.41) is 10.9. The highest BCUT2D eigenvalue weighted by molar-refractivity contribution is 8.00. The van der Waals surface area contributed by atoms with E-state index in [9.17, 15) is 9.18 Å². The van der Waals surface area contributed by atoms with Gasteiger partial charge in [0.15, 0.2) is 5.82 Å². The van der Waals surface area contributed by atoms with E-state index in [2.05, 4.69) is 15.5 Å². The predicted molar refractivity (Wildman–Crippen MR) is 106 cm³/mol. The van der Waals surface area contributed by atoms with Crippen molar-refractivity contribution >= 4 is 35.0 Å². The standard InChI is InChI=1S/C18H17ClFN5OS/c1-10-5-3-4-6-13(10)16-23-24-18(25(16)21)27-11(2)17(26)22-15-8-7-12(20)9-14(15)19/h3-9,11H,21H2,1-2H3,(H,22,26)/t11-/m1/s1. The summed E-state index contributed by atoms with van der Waals surface area (Å²) in [6.45, 7) is 3.67. The van der Waals surface area contributed by atoms with E-state index >= 15 is 0 Å². The first-order valence-electron chi connectivity index (χ1n) is 8.06. The number of rotatable bonds is 5. The van der Waals surface area contributed by atoms with Crippen LogP contribution in [0.1, 0.15) is 12.5 Å². The number of aromatic nitrogens is 3. The number of nitrogens with one attached hydrogen (secondary N) is 1. The Labute approximate surface area is 164 Å². The highest BCUT2D eigenvalue weighted by Gasteiger charge is 2.21. The zero-order valence-electron chi connectivity index (χ0n) is 14.6. The fraction of sp³-hybridized carbons (Fsp3) is 0.167. The van der Waals surface area contributed by atoms with Gasteiger partial charge in [0, 0.05) is 5.56 Å². The summed E-state index contributed by atoms with van der Waals surface area (Å²) in [6.07, 6.45) is 0. The first-order chi connectivity index (χ1) is 12.9. The SMILES string of the molecule is Cc1ccccc1-c1nnc(S[C@H](C)C(=O)Nc2ccc(F)cc2Cl)n1N. The van der Waals surface area contributed by atoms with Gasteiger partial charge in [-0.15, -0.1) is 10.2 Å². The van der Waals surface area contributed by atoms with E-state index in [1.165, 1.54) is 16.8 Å². The smallest absolute Gasteiger partial charge is 0.237 e. The molecule has 1 atom stereocenters. The molecule has 3 aromatic rings. The average Bonchev–Trinajstić information content (AvgIpc) is 2.98. The van der Waals surface area contributed by atoms with Gasteiger partial charge in [-0.2, -0.15) is 0 Å². The lowest BCUT2D eigenvalue weighted by Crippen LogP contribution is -2.24. The Kier molecular flexibility index (Phi) is 5.67. The largest absolute Gasteiger partial charge is 0.335 e. The van der Waals surface area contributed by atoms with Crippen molar-refractivity contribution in [2.24, 2.45) is 0 Å². The number of halogens is 2.